The molecular weight excluding hydrogens is 262 g/mol. The van der Waals surface area contributed by atoms with Crippen LogP contribution in [0.15, 0.2) is 29.2 Å². The number of carboxylic acids is 1. The molecule has 0 spiro atoms. The maximum atomic E-state index is 11.7. The number of carbonyl (C=O) groups excluding carboxylic acids is 1. The lowest BCUT2D eigenvalue weighted by Gasteiger charge is -2.08. The summed E-state index contributed by atoms with van der Waals surface area (Å²) in [5.74, 6) is -0.0595. The topological polar surface area (TPSA) is 57.6 Å². The van der Waals surface area contributed by atoms with E-state index in [9.17, 15) is 9.59 Å². The summed E-state index contributed by atoms with van der Waals surface area (Å²) in [6.07, 6.45) is -0.0549. The summed E-state index contributed by atoms with van der Waals surface area (Å²) in [4.78, 5) is 25.3. The second-order valence-electron chi connectivity index (χ2n) is 4.49. The lowest BCUT2D eigenvalue weighted by Crippen LogP contribution is -2.14. The van der Waals surface area contributed by atoms with E-state index in [0.29, 0.717) is 5.56 Å². The first kappa shape index (κ1) is 15.7. The highest BCUT2D eigenvalue weighted by Gasteiger charge is 2.08. The summed E-state index contributed by atoms with van der Waals surface area (Å²) in [6.45, 7) is 1.00. The molecule has 0 amide bonds. The Hall–Kier alpha value is -1.33. The van der Waals surface area contributed by atoms with E-state index in [1.807, 2.05) is 26.2 Å². The van der Waals surface area contributed by atoms with Crippen molar-refractivity contribution in [2.24, 2.45) is 0 Å². The van der Waals surface area contributed by atoms with Crippen LogP contribution >= 0.6 is 11.8 Å². The van der Waals surface area contributed by atoms with Crippen molar-refractivity contribution < 1.29 is 14.7 Å². The Morgan fingerprint density at radius 2 is 1.79 bits per heavy atom. The van der Waals surface area contributed by atoms with Crippen LogP contribution in [-0.2, 0) is 4.79 Å². The van der Waals surface area contributed by atoms with E-state index in [1.165, 1.54) is 0 Å². The van der Waals surface area contributed by atoms with Crippen LogP contribution in [0.4, 0.5) is 0 Å². The quantitative estimate of drug-likeness (QED) is 0.585. The maximum absolute atomic E-state index is 11.7. The molecule has 104 valence electrons. The van der Waals surface area contributed by atoms with Crippen molar-refractivity contribution >= 4 is 23.5 Å². The van der Waals surface area contributed by atoms with Crippen molar-refractivity contribution in [1.82, 2.24) is 4.90 Å². The fourth-order valence-corrected chi connectivity index (χ4v) is 2.47. The summed E-state index contributed by atoms with van der Waals surface area (Å²) >= 11 is 1.74. The molecule has 0 radical (unpaired) electrons. The number of hydrogen-bond donors (Lipinski definition) is 1. The molecule has 1 aromatic rings. The predicted molar refractivity (Wildman–Crippen MR) is 76.9 cm³/mol. The van der Waals surface area contributed by atoms with Gasteiger partial charge in [-0.3, -0.25) is 9.59 Å². The maximum Gasteiger partial charge on any atom is 0.303 e. The molecule has 0 unspecified atom stereocenters. The van der Waals surface area contributed by atoms with Crippen molar-refractivity contribution in [2.75, 3.05) is 26.4 Å². The van der Waals surface area contributed by atoms with Gasteiger partial charge in [0.15, 0.2) is 5.78 Å². The third kappa shape index (κ3) is 6.40. The number of ketones is 1. The van der Waals surface area contributed by atoms with Crippen LogP contribution in [0.5, 0.6) is 0 Å². The summed E-state index contributed by atoms with van der Waals surface area (Å²) < 4.78 is 0. The number of aliphatic carboxylic acids is 1. The average Bonchev–Trinajstić information content (AvgIpc) is 2.36. The van der Waals surface area contributed by atoms with Crippen LogP contribution in [-0.4, -0.2) is 48.2 Å². The van der Waals surface area contributed by atoms with Gasteiger partial charge in [0, 0.05) is 29.2 Å². The van der Waals surface area contributed by atoms with E-state index in [0.717, 1.165) is 17.2 Å². The molecule has 0 atom stereocenters. The van der Waals surface area contributed by atoms with Gasteiger partial charge in [-0.05, 0) is 26.2 Å². The minimum absolute atomic E-state index is 0.0580. The molecule has 0 bridgehead atoms. The van der Waals surface area contributed by atoms with E-state index < -0.39 is 5.97 Å². The molecule has 0 fully saturated rings. The van der Waals surface area contributed by atoms with E-state index in [1.54, 1.807) is 23.9 Å². The summed E-state index contributed by atoms with van der Waals surface area (Å²) in [7, 11) is 4.07. The van der Waals surface area contributed by atoms with Gasteiger partial charge in [-0.1, -0.05) is 12.1 Å². The molecule has 0 aliphatic heterocycles. The minimum Gasteiger partial charge on any atom is -0.481 e. The second kappa shape index (κ2) is 7.96. The molecule has 4 nitrogen and oxygen atoms in total. The Morgan fingerprint density at radius 3 is 2.32 bits per heavy atom. The van der Waals surface area contributed by atoms with Crippen molar-refractivity contribution in [3.63, 3.8) is 0 Å². The van der Waals surface area contributed by atoms with Gasteiger partial charge in [-0.25, -0.2) is 0 Å². The van der Waals surface area contributed by atoms with Gasteiger partial charge in [0.1, 0.15) is 0 Å². The number of carbonyl (C=O) groups is 2. The molecule has 1 aromatic carbocycles. The summed E-state index contributed by atoms with van der Waals surface area (Å²) in [5.41, 5.74) is 0.582. The van der Waals surface area contributed by atoms with Crippen LogP contribution in [0.3, 0.4) is 0 Å². The van der Waals surface area contributed by atoms with Gasteiger partial charge in [-0.15, -0.1) is 11.8 Å². The highest BCUT2D eigenvalue weighted by molar-refractivity contribution is 7.99. The Morgan fingerprint density at radius 1 is 1.16 bits per heavy atom. The smallest absolute Gasteiger partial charge is 0.303 e. The van der Waals surface area contributed by atoms with Gasteiger partial charge < -0.3 is 10.0 Å². The second-order valence-corrected chi connectivity index (χ2v) is 5.66. The number of Topliss-reactive ketones (excluding diaryl/α,β-unsaturated/α-hetero) is 1. The molecule has 0 saturated carbocycles. The molecule has 0 aromatic heterocycles. The molecule has 19 heavy (non-hydrogen) atoms. The Kier molecular flexibility index (Phi) is 6.59. The molecule has 0 aliphatic carbocycles. The molecule has 0 aliphatic rings. The van der Waals surface area contributed by atoms with E-state index in [2.05, 4.69) is 4.90 Å². The number of hydrogen-bond acceptors (Lipinski definition) is 4. The molecule has 1 rings (SSSR count). The number of rotatable bonds is 8. The van der Waals surface area contributed by atoms with Gasteiger partial charge in [0.25, 0.3) is 0 Å². The standard InChI is InChI=1S/C14H19NO3S/c1-15(2)9-10-19-12-5-3-11(4-6-12)13(16)7-8-14(17)18/h3-6H,7-10H2,1-2H3,(H,17,18). The van der Waals surface area contributed by atoms with Crippen molar-refractivity contribution in [3.05, 3.63) is 29.8 Å². The van der Waals surface area contributed by atoms with Crippen LogP contribution in [0.1, 0.15) is 23.2 Å². The van der Waals surface area contributed by atoms with Gasteiger partial charge in [0.2, 0.25) is 0 Å². The van der Waals surface area contributed by atoms with E-state index >= 15 is 0 Å². The Bertz CT molecular complexity index is 429. The number of benzene rings is 1. The molecule has 5 heteroatoms. The van der Waals surface area contributed by atoms with Crippen LogP contribution in [0.2, 0.25) is 0 Å². The van der Waals surface area contributed by atoms with Crippen LogP contribution in [0, 0.1) is 0 Å². The van der Waals surface area contributed by atoms with E-state index in [4.69, 9.17) is 5.11 Å². The lowest BCUT2D eigenvalue weighted by molar-refractivity contribution is -0.136. The normalized spacial score (nSPS) is 10.7. The zero-order valence-electron chi connectivity index (χ0n) is 11.3. The molecule has 0 heterocycles. The van der Waals surface area contributed by atoms with Gasteiger partial charge in [-0.2, -0.15) is 0 Å². The SMILES string of the molecule is CN(C)CCSc1ccc(C(=O)CCC(=O)O)cc1. The van der Waals surface area contributed by atoms with Crippen molar-refractivity contribution in [2.45, 2.75) is 17.7 Å². The first-order valence-corrected chi connectivity index (χ1v) is 7.10. The fraction of sp³-hybridized carbons (Fsp3) is 0.429. The number of nitrogens with zero attached hydrogens (tertiary/aromatic N) is 1. The minimum atomic E-state index is -0.941. The highest BCUT2D eigenvalue weighted by atomic mass is 32.2. The fourth-order valence-electron chi connectivity index (χ4n) is 1.45. The van der Waals surface area contributed by atoms with Gasteiger partial charge >= 0.3 is 5.97 Å². The van der Waals surface area contributed by atoms with Crippen LogP contribution in [0.25, 0.3) is 0 Å². The highest BCUT2D eigenvalue weighted by Crippen LogP contribution is 2.19. The molecular formula is C14H19NO3S. The van der Waals surface area contributed by atoms with Crippen molar-refractivity contribution in [1.29, 1.82) is 0 Å². The zero-order chi connectivity index (χ0) is 14.3. The van der Waals surface area contributed by atoms with Crippen molar-refractivity contribution in [3.8, 4) is 0 Å². The van der Waals surface area contributed by atoms with Crippen LogP contribution < -0.4 is 0 Å². The molecule has 1 N–H and O–H groups in total. The Balaban J connectivity index is 2.46. The summed E-state index contributed by atoms with van der Waals surface area (Å²) in [6, 6.07) is 7.35. The summed E-state index contributed by atoms with van der Waals surface area (Å²) in [5, 5.41) is 8.54. The average molecular weight is 281 g/mol. The predicted octanol–water partition coefficient (Wildman–Crippen LogP) is 2.39. The first-order valence-electron chi connectivity index (χ1n) is 6.11. The number of thioether (sulfide) groups is 1. The lowest BCUT2D eigenvalue weighted by atomic mass is 10.1. The zero-order valence-corrected chi connectivity index (χ0v) is 12.1. The van der Waals surface area contributed by atoms with Gasteiger partial charge in [0.05, 0.1) is 6.42 Å². The first-order chi connectivity index (χ1) is 8.99. The molecule has 0 saturated heterocycles. The largest absolute Gasteiger partial charge is 0.481 e. The number of carboxylic acid groups (broad SMARTS) is 1. The third-order valence-corrected chi connectivity index (χ3v) is 3.54. The monoisotopic (exact) mass is 281 g/mol. The van der Waals surface area contributed by atoms with E-state index in [-0.39, 0.29) is 18.6 Å². The third-order valence-electron chi connectivity index (χ3n) is 2.55. The Labute approximate surface area is 117 Å².